The molecule has 0 aliphatic heterocycles. The van der Waals surface area contributed by atoms with Crippen LogP contribution >= 0.6 is 0 Å². The highest BCUT2D eigenvalue weighted by Crippen LogP contribution is 2.59. The molecule has 6 nitrogen and oxygen atoms in total. The van der Waals surface area contributed by atoms with Gasteiger partial charge in [0, 0.05) is 28.3 Å². The van der Waals surface area contributed by atoms with Crippen LogP contribution in [-0.2, 0) is 0 Å². The summed E-state index contributed by atoms with van der Waals surface area (Å²) in [6.45, 7) is 0. The second-order valence-electron chi connectivity index (χ2n) is 11.9. The molecule has 0 unspecified atom stereocenters. The van der Waals surface area contributed by atoms with Crippen molar-refractivity contribution in [3.05, 3.63) is 72.3 Å². The first-order valence-corrected chi connectivity index (χ1v) is 14.0. The van der Waals surface area contributed by atoms with Crippen LogP contribution in [0, 0.1) is 35.0 Å². The highest BCUT2D eigenvalue weighted by atomic mass is 16.5. The molecule has 0 saturated heterocycles. The Hall–Kier alpha value is -4.50. The molecule has 6 N–H and O–H groups in total. The minimum Gasteiger partial charge on any atom is -0.506 e. The molecule has 0 spiro atoms. The van der Waals surface area contributed by atoms with Crippen LogP contribution in [0.2, 0.25) is 0 Å². The summed E-state index contributed by atoms with van der Waals surface area (Å²) in [4.78, 5) is 0. The molecular weight excluding hydrogens is 500 g/mol. The third-order valence-corrected chi connectivity index (χ3v) is 8.92. The molecule has 4 fully saturated rings. The van der Waals surface area contributed by atoms with Crippen LogP contribution in [0.3, 0.4) is 0 Å². The fraction of sp³-hybridized carbons (Fsp3) is 0.294. The zero-order valence-corrected chi connectivity index (χ0v) is 22.2. The maximum atomic E-state index is 10.2. The van der Waals surface area contributed by atoms with E-state index in [1.54, 1.807) is 24.3 Å². The molecule has 202 valence electrons. The van der Waals surface area contributed by atoms with Crippen molar-refractivity contribution < 1.29 is 19.7 Å². The molecule has 0 aromatic heterocycles. The Labute approximate surface area is 233 Å². The van der Waals surface area contributed by atoms with Gasteiger partial charge in [0.25, 0.3) is 0 Å². The SMILES string of the molecule is Nc1ccc(Oc2cccc3c(Oc4ccc(N)c(O)c4)c(C#CC45CC6CC(CC(C6)C4)C5)ccc23)cc1O. The predicted octanol–water partition coefficient (Wildman–Crippen LogP) is 7.57. The summed E-state index contributed by atoms with van der Waals surface area (Å²) in [7, 11) is 0. The summed E-state index contributed by atoms with van der Waals surface area (Å²) in [5.41, 5.74) is 13.1. The number of fused-ring (bicyclic) bond motifs is 1. The van der Waals surface area contributed by atoms with Crippen molar-refractivity contribution in [2.45, 2.75) is 38.5 Å². The summed E-state index contributed by atoms with van der Waals surface area (Å²) < 4.78 is 12.6. The van der Waals surface area contributed by atoms with Gasteiger partial charge >= 0.3 is 0 Å². The number of nitrogens with two attached hydrogens (primary N) is 2. The van der Waals surface area contributed by atoms with E-state index in [2.05, 4.69) is 11.8 Å². The van der Waals surface area contributed by atoms with Crippen LogP contribution in [0.1, 0.15) is 44.1 Å². The number of hydrogen-bond donors (Lipinski definition) is 4. The lowest BCUT2D eigenvalue weighted by atomic mass is 9.50. The Morgan fingerprint density at radius 1 is 0.700 bits per heavy atom. The first kappa shape index (κ1) is 24.5. The number of rotatable bonds is 4. The molecule has 0 amide bonds. The van der Waals surface area contributed by atoms with Crippen LogP contribution in [0.25, 0.3) is 10.8 Å². The van der Waals surface area contributed by atoms with Crippen LogP contribution in [0.15, 0.2) is 66.7 Å². The molecule has 0 radical (unpaired) electrons. The van der Waals surface area contributed by atoms with E-state index in [1.807, 2.05) is 30.3 Å². The van der Waals surface area contributed by atoms with E-state index < -0.39 is 0 Å². The number of hydrogen-bond acceptors (Lipinski definition) is 6. The Bertz CT molecular complexity index is 1660. The van der Waals surface area contributed by atoms with Crippen molar-refractivity contribution >= 4 is 22.1 Å². The normalized spacial score (nSPS) is 24.4. The Kier molecular flexibility index (Phi) is 5.71. The lowest BCUT2D eigenvalue weighted by Gasteiger charge is -2.54. The molecule has 4 saturated carbocycles. The Morgan fingerprint density at radius 2 is 1.30 bits per heavy atom. The Morgan fingerprint density at radius 3 is 1.90 bits per heavy atom. The third kappa shape index (κ3) is 4.42. The van der Waals surface area contributed by atoms with Gasteiger partial charge < -0.3 is 31.2 Å². The summed E-state index contributed by atoms with van der Waals surface area (Å²) in [6, 6.07) is 19.4. The van der Waals surface area contributed by atoms with Gasteiger partial charge in [-0.2, -0.15) is 0 Å². The molecular formula is C34H32N2O4. The molecule has 8 rings (SSSR count). The zero-order chi connectivity index (χ0) is 27.4. The van der Waals surface area contributed by atoms with Crippen molar-refractivity contribution in [1.29, 1.82) is 0 Å². The molecule has 6 heteroatoms. The van der Waals surface area contributed by atoms with E-state index in [9.17, 15) is 10.2 Å². The minimum absolute atomic E-state index is 0.0350. The lowest BCUT2D eigenvalue weighted by Crippen LogP contribution is -2.45. The monoisotopic (exact) mass is 532 g/mol. The summed E-state index contributed by atoms with van der Waals surface area (Å²) in [6.07, 6.45) is 7.73. The number of phenols is 2. The minimum atomic E-state index is -0.0360. The van der Waals surface area contributed by atoms with Gasteiger partial charge in [-0.1, -0.05) is 24.0 Å². The van der Waals surface area contributed by atoms with Crippen molar-refractivity contribution in [1.82, 2.24) is 0 Å². The molecule has 4 bridgehead atoms. The van der Waals surface area contributed by atoms with Gasteiger partial charge in [0.05, 0.1) is 16.9 Å². The van der Waals surface area contributed by atoms with Gasteiger partial charge in [-0.15, -0.1) is 0 Å². The van der Waals surface area contributed by atoms with E-state index >= 15 is 0 Å². The number of aromatic hydroxyl groups is 2. The highest BCUT2D eigenvalue weighted by Gasteiger charge is 2.50. The quantitative estimate of drug-likeness (QED) is 0.123. The van der Waals surface area contributed by atoms with Crippen LogP contribution in [-0.4, -0.2) is 10.2 Å². The molecule has 4 aliphatic rings. The molecule has 40 heavy (non-hydrogen) atoms. The van der Waals surface area contributed by atoms with Gasteiger partial charge in [-0.3, -0.25) is 0 Å². The van der Waals surface area contributed by atoms with Crippen LogP contribution in [0.5, 0.6) is 34.5 Å². The number of phenolic OH excluding ortho intramolecular Hbond substituents is 2. The summed E-state index contributed by atoms with van der Waals surface area (Å²) in [5.74, 6) is 11.8. The lowest BCUT2D eigenvalue weighted by molar-refractivity contribution is -0.0181. The molecule has 0 heterocycles. The topological polar surface area (TPSA) is 111 Å². The predicted molar refractivity (Wildman–Crippen MR) is 157 cm³/mol. The first-order valence-electron chi connectivity index (χ1n) is 14.0. The van der Waals surface area contributed by atoms with Crippen molar-refractivity contribution in [3.63, 3.8) is 0 Å². The maximum absolute atomic E-state index is 10.2. The fourth-order valence-electron chi connectivity index (χ4n) is 7.48. The third-order valence-electron chi connectivity index (χ3n) is 8.92. The second kappa shape index (κ2) is 9.31. The summed E-state index contributed by atoms with van der Waals surface area (Å²) >= 11 is 0. The van der Waals surface area contributed by atoms with E-state index in [0.29, 0.717) is 23.0 Å². The fourth-order valence-corrected chi connectivity index (χ4v) is 7.48. The molecule has 4 aromatic carbocycles. The number of benzene rings is 4. The van der Waals surface area contributed by atoms with E-state index in [-0.39, 0.29) is 28.3 Å². The van der Waals surface area contributed by atoms with Crippen LogP contribution < -0.4 is 20.9 Å². The van der Waals surface area contributed by atoms with Crippen molar-refractivity contribution in [2.24, 2.45) is 23.2 Å². The van der Waals surface area contributed by atoms with Crippen LogP contribution in [0.4, 0.5) is 11.4 Å². The Balaban J connectivity index is 1.32. The highest BCUT2D eigenvalue weighted by molar-refractivity contribution is 5.95. The average Bonchev–Trinajstić information content (AvgIpc) is 2.92. The van der Waals surface area contributed by atoms with Gasteiger partial charge in [0.1, 0.15) is 28.7 Å². The zero-order valence-electron chi connectivity index (χ0n) is 22.2. The summed E-state index contributed by atoms with van der Waals surface area (Å²) in [5, 5.41) is 21.9. The van der Waals surface area contributed by atoms with Crippen molar-refractivity contribution in [3.8, 4) is 46.3 Å². The largest absolute Gasteiger partial charge is 0.506 e. The molecule has 4 aromatic rings. The molecule has 0 atom stereocenters. The standard InChI is InChI=1S/C34H32N2O4/c35-28-8-5-24(15-30(28)37)39-32-3-1-2-27-26(32)7-4-23(33(27)40-25-6-9-29(36)31(38)16-25)10-11-34-17-20-12-21(18-34)14-22(13-20)19-34/h1-9,15-16,20-22,37-38H,12-14,17-19,35-36H2. The number of ether oxygens (including phenoxy) is 2. The van der Waals surface area contributed by atoms with Gasteiger partial charge in [-0.25, -0.2) is 0 Å². The second-order valence-corrected chi connectivity index (χ2v) is 11.9. The van der Waals surface area contributed by atoms with E-state index in [4.69, 9.17) is 20.9 Å². The average molecular weight is 533 g/mol. The van der Waals surface area contributed by atoms with E-state index in [0.717, 1.165) is 34.1 Å². The van der Waals surface area contributed by atoms with E-state index in [1.165, 1.54) is 50.7 Å². The first-order chi connectivity index (χ1) is 19.3. The van der Waals surface area contributed by atoms with Crippen molar-refractivity contribution in [2.75, 3.05) is 11.5 Å². The van der Waals surface area contributed by atoms with Gasteiger partial charge in [-0.05, 0) is 98.7 Å². The smallest absolute Gasteiger partial charge is 0.150 e. The van der Waals surface area contributed by atoms with Gasteiger partial charge in [0.2, 0.25) is 0 Å². The molecule has 4 aliphatic carbocycles. The number of anilines is 2. The number of nitrogen functional groups attached to an aromatic ring is 2. The van der Waals surface area contributed by atoms with Gasteiger partial charge in [0.15, 0.2) is 5.75 Å². The maximum Gasteiger partial charge on any atom is 0.150 e.